The summed E-state index contributed by atoms with van der Waals surface area (Å²) >= 11 is 1.42. The van der Waals surface area contributed by atoms with Gasteiger partial charge in [-0.25, -0.2) is 4.21 Å². The highest BCUT2D eigenvalue weighted by Gasteiger charge is 1.97. The van der Waals surface area contributed by atoms with E-state index in [1.807, 2.05) is 0 Å². The van der Waals surface area contributed by atoms with Crippen molar-refractivity contribution < 1.29 is 8.76 Å². The molecule has 1 rings (SSSR count). The van der Waals surface area contributed by atoms with Crippen LogP contribution in [0.4, 0.5) is 0 Å². The van der Waals surface area contributed by atoms with Gasteiger partial charge in [0, 0.05) is 16.9 Å². The third-order valence-corrected chi connectivity index (χ3v) is 2.07. The summed E-state index contributed by atoms with van der Waals surface area (Å²) in [6.45, 7) is 0. The van der Waals surface area contributed by atoms with Gasteiger partial charge in [0.2, 0.25) is 0 Å². The van der Waals surface area contributed by atoms with E-state index in [0.29, 0.717) is 0 Å². The van der Waals surface area contributed by atoms with Gasteiger partial charge in [-0.15, -0.1) is 0 Å². The molecule has 0 fully saturated rings. The summed E-state index contributed by atoms with van der Waals surface area (Å²) in [6.07, 6.45) is 3.20. The molecule has 0 amide bonds. The summed E-state index contributed by atoms with van der Waals surface area (Å²) < 4.78 is 19.7. The normalized spacial score (nSPS) is 12.9. The van der Waals surface area contributed by atoms with Gasteiger partial charge in [0.15, 0.2) is 11.1 Å². The molecule has 1 N–H and O–H groups in total. The fourth-order valence-corrected chi connectivity index (χ4v) is 1.53. The minimum atomic E-state index is -1.79. The van der Waals surface area contributed by atoms with Crippen LogP contribution in [0.5, 0.6) is 0 Å². The summed E-state index contributed by atoms with van der Waals surface area (Å²) in [7, 11) is 0. The molecule has 0 saturated carbocycles. The Balaban J connectivity index is 2.79. The molecule has 0 radical (unpaired) electrons. The van der Waals surface area contributed by atoms with Gasteiger partial charge in [-0.05, 0) is 27.6 Å². The van der Waals surface area contributed by atoms with E-state index in [1.165, 1.54) is 0 Å². The number of pyridine rings is 1. The second-order valence-corrected chi connectivity index (χ2v) is 3.82. The summed E-state index contributed by atoms with van der Waals surface area (Å²) in [5.74, 6) is 0.131. The van der Waals surface area contributed by atoms with Crippen LogP contribution in [0.25, 0.3) is 0 Å². The number of nitrogens with zero attached hydrogens (tertiary/aromatic N) is 1. The van der Waals surface area contributed by atoms with Crippen molar-refractivity contribution in [2.24, 2.45) is 0 Å². The van der Waals surface area contributed by atoms with Crippen LogP contribution in [-0.2, 0) is 16.8 Å². The maximum absolute atomic E-state index is 10.3. The smallest absolute Gasteiger partial charge is 0.157 e. The third-order valence-electron chi connectivity index (χ3n) is 1.05. The molecule has 60 valence electrons. The largest absolute Gasteiger partial charge is 0.306 e. The molecule has 5 heteroatoms. The molecule has 0 aromatic carbocycles. The van der Waals surface area contributed by atoms with Crippen LogP contribution in [0.3, 0.4) is 0 Å². The molecule has 0 bridgehead atoms. The average molecular weight is 236 g/mol. The highest BCUT2D eigenvalue weighted by atomic mass is 79.9. The third kappa shape index (κ3) is 3.09. The summed E-state index contributed by atoms with van der Waals surface area (Å²) in [5, 5.41) is 0. The SMILES string of the molecule is O=S(O)Cc1cncc(Br)c1. The summed E-state index contributed by atoms with van der Waals surface area (Å²) in [4.78, 5) is 3.84. The minimum Gasteiger partial charge on any atom is -0.306 e. The number of hydrogen-bond acceptors (Lipinski definition) is 2. The average Bonchev–Trinajstić information content (AvgIpc) is 1.85. The van der Waals surface area contributed by atoms with E-state index in [2.05, 4.69) is 20.9 Å². The Kier molecular flexibility index (Phi) is 3.16. The van der Waals surface area contributed by atoms with Gasteiger partial charge in [0.05, 0.1) is 5.75 Å². The van der Waals surface area contributed by atoms with Crippen LogP contribution < -0.4 is 0 Å². The van der Waals surface area contributed by atoms with Gasteiger partial charge >= 0.3 is 0 Å². The Morgan fingerprint density at radius 3 is 2.91 bits per heavy atom. The predicted octanol–water partition coefficient (Wildman–Crippen LogP) is 1.57. The molecule has 0 saturated heterocycles. The number of rotatable bonds is 2. The monoisotopic (exact) mass is 235 g/mol. The Bertz CT molecular complexity index is 279. The minimum absolute atomic E-state index is 0.131. The molecule has 1 heterocycles. The first-order valence-corrected chi connectivity index (χ1v) is 4.92. The van der Waals surface area contributed by atoms with Crippen LogP contribution in [0.2, 0.25) is 0 Å². The number of hydrogen-bond donors (Lipinski definition) is 1. The van der Waals surface area contributed by atoms with Crippen molar-refractivity contribution in [3.05, 3.63) is 28.5 Å². The maximum Gasteiger partial charge on any atom is 0.157 e. The van der Waals surface area contributed by atoms with E-state index in [9.17, 15) is 4.21 Å². The van der Waals surface area contributed by atoms with Crippen molar-refractivity contribution in [2.75, 3.05) is 0 Å². The van der Waals surface area contributed by atoms with Crippen LogP contribution in [0.15, 0.2) is 22.9 Å². The van der Waals surface area contributed by atoms with Crippen LogP contribution in [0.1, 0.15) is 5.56 Å². The second-order valence-electron chi connectivity index (χ2n) is 1.98. The fraction of sp³-hybridized carbons (Fsp3) is 0.167. The zero-order valence-corrected chi connectivity index (χ0v) is 7.93. The zero-order chi connectivity index (χ0) is 8.27. The topological polar surface area (TPSA) is 50.2 Å². The molecule has 0 aliphatic rings. The van der Waals surface area contributed by atoms with Crippen LogP contribution >= 0.6 is 15.9 Å². The van der Waals surface area contributed by atoms with Crippen molar-refractivity contribution in [3.63, 3.8) is 0 Å². The lowest BCUT2D eigenvalue weighted by Crippen LogP contribution is -1.93. The quantitative estimate of drug-likeness (QED) is 0.793. The maximum atomic E-state index is 10.3. The van der Waals surface area contributed by atoms with Crippen LogP contribution in [-0.4, -0.2) is 13.7 Å². The van der Waals surface area contributed by atoms with Crippen molar-refractivity contribution in [3.8, 4) is 0 Å². The zero-order valence-electron chi connectivity index (χ0n) is 5.53. The van der Waals surface area contributed by atoms with E-state index in [-0.39, 0.29) is 5.75 Å². The molecule has 11 heavy (non-hydrogen) atoms. The lowest BCUT2D eigenvalue weighted by Gasteiger charge is -1.95. The lowest BCUT2D eigenvalue weighted by molar-refractivity contribution is 0.563. The second kappa shape index (κ2) is 3.94. The van der Waals surface area contributed by atoms with Gasteiger partial charge in [-0.3, -0.25) is 4.98 Å². The van der Waals surface area contributed by atoms with Gasteiger partial charge in [0.1, 0.15) is 0 Å². The Labute approximate surface area is 75.3 Å². The lowest BCUT2D eigenvalue weighted by atomic mass is 10.3. The molecule has 1 aromatic heterocycles. The Morgan fingerprint density at radius 2 is 2.36 bits per heavy atom. The molecule has 0 spiro atoms. The standard InChI is InChI=1S/C6H6BrNO2S/c7-6-1-5(2-8-3-6)4-11(9)10/h1-3H,4H2,(H,9,10). The Hall–Kier alpha value is -0.260. The predicted molar refractivity (Wildman–Crippen MR) is 46.4 cm³/mol. The number of halogens is 1. The van der Waals surface area contributed by atoms with Gasteiger partial charge in [-0.1, -0.05) is 0 Å². The van der Waals surface area contributed by atoms with E-state index in [1.54, 1.807) is 18.5 Å². The summed E-state index contributed by atoms with van der Waals surface area (Å²) in [5.41, 5.74) is 0.750. The first-order valence-electron chi connectivity index (χ1n) is 2.85. The van der Waals surface area contributed by atoms with Gasteiger partial charge in [-0.2, -0.15) is 0 Å². The Morgan fingerprint density at radius 1 is 1.64 bits per heavy atom. The fourth-order valence-electron chi connectivity index (χ4n) is 0.677. The van der Waals surface area contributed by atoms with Crippen molar-refractivity contribution in [1.82, 2.24) is 4.98 Å². The van der Waals surface area contributed by atoms with Crippen molar-refractivity contribution in [1.29, 1.82) is 0 Å². The highest BCUT2D eigenvalue weighted by molar-refractivity contribution is 9.10. The number of aromatic nitrogens is 1. The molecular weight excluding hydrogens is 230 g/mol. The van der Waals surface area contributed by atoms with E-state index >= 15 is 0 Å². The summed E-state index contributed by atoms with van der Waals surface area (Å²) in [6, 6.07) is 1.76. The first-order chi connectivity index (χ1) is 5.18. The first kappa shape index (κ1) is 8.83. The molecule has 1 unspecified atom stereocenters. The van der Waals surface area contributed by atoms with Crippen LogP contribution in [0, 0.1) is 0 Å². The van der Waals surface area contributed by atoms with Gasteiger partial charge in [0.25, 0.3) is 0 Å². The van der Waals surface area contributed by atoms with Crippen molar-refractivity contribution in [2.45, 2.75) is 5.75 Å². The van der Waals surface area contributed by atoms with E-state index in [0.717, 1.165) is 10.0 Å². The molecule has 1 atom stereocenters. The molecular formula is C6H6BrNO2S. The molecule has 0 aliphatic carbocycles. The van der Waals surface area contributed by atoms with E-state index in [4.69, 9.17) is 4.55 Å². The van der Waals surface area contributed by atoms with E-state index < -0.39 is 11.1 Å². The van der Waals surface area contributed by atoms with Gasteiger partial charge < -0.3 is 4.55 Å². The molecule has 3 nitrogen and oxygen atoms in total. The molecule has 0 aliphatic heterocycles. The van der Waals surface area contributed by atoms with Crippen molar-refractivity contribution >= 4 is 27.0 Å². The highest BCUT2D eigenvalue weighted by Crippen LogP contribution is 2.10. The molecule has 1 aromatic rings.